The van der Waals surface area contributed by atoms with E-state index < -0.39 is 0 Å². The number of esters is 1. The predicted octanol–water partition coefficient (Wildman–Crippen LogP) is 1.77. The first kappa shape index (κ1) is 12.4. The van der Waals surface area contributed by atoms with E-state index in [1.165, 1.54) is 0 Å². The Labute approximate surface area is 84.1 Å². The van der Waals surface area contributed by atoms with E-state index in [9.17, 15) is 4.79 Å². The van der Waals surface area contributed by atoms with Gasteiger partial charge in [-0.2, -0.15) is 10.5 Å². The third-order valence-electron chi connectivity index (χ3n) is 1.73. The molecule has 76 valence electrons. The predicted molar refractivity (Wildman–Crippen MR) is 49.8 cm³/mol. The Morgan fingerprint density at radius 3 is 2.64 bits per heavy atom. The van der Waals surface area contributed by atoms with Crippen LogP contribution in [0.15, 0.2) is 0 Å². The summed E-state index contributed by atoms with van der Waals surface area (Å²) in [6.07, 6.45) is 2.14. The molecule has 0 N–H and O–H groups in total. The molecule has 0 radical (unpaired) electrons. The number of nitriles is 2. The number of hydrogen-bond acceptors (Lipinski definition) is 4. The van der Waals surface area contributed by atoms with E-state index in [2.05, 4.69) is 0 Å². The molecule has 4 nitrogen and oxygen atoms in total. The summed E-state index contributed by atoms with van der Waals surface area (Å²) >= 11 is 0. The van der Waals surface area contributed by atoms with Gasteiger partial charge in [0.05, 0.1) is 24.7 Å². The lowest BCUT2D eigenvalue weighted by Gasteiger charge is -2.07. The lowest BCUT2D eigenvalue weighted by molar-refractivity contribution is -0.147. The largest absolute Gasteiger partial charge is 0.465 e. The van der Waals surface area contributed by atoms with E-state index in [0.717, 1.165) is 6.42 Å². The Morgan fingerprint density at radius 1 is 1.36 bits per heavy atom. The maximum atomic E-state index is 11.1. The van der Waals surface area contributed by atoms with Gasteiger partial charge in [0.25, 0.3) is 0 Å². The van der Waals surface area contributed by atoms with E-state index in [4.69, 9.17) is 15.3 Å². The normalized spacial score (nSPS) is 11.1. The van der Waals surface area contributed by atoms with Gasteiger partial charge in [-0.05, 0) is 12.8 Å². The molecule has 14 heavy (non-hydrogen) atoms. The van der Waals surface area contributed by atoms with Crippen LogP contribution in [0.1, 0.15) is 32.6 Å². The quantitative estimate of drug-likeness (QED) is 0.477. The molecule has 0 aliphatic heterocycles. The van der Waals surface area contributed by atoms with Crippen LogP contribution in [0.2, 0.25) is 0 Å². The molecule has 0 fully saturated rings. The Balaban J connectivity index is 3.46. The molecule has 1 unspecified atom stereocenters. The van der Waals surface area contributed by atoms with Crippen molar-refractivity contribution in [2.45, 2.75) is 32.6 Å². The van der Waals surface area contributed by atoms with Crippen LogP contribution in [0.3, 0.4) is 0 Å². The monoisotopic (exact) mass is 194 g/mol. The van der Waals surface area contributed by atoms with Crippen molar-refractivity contribution in [3.05, 3.63) is 0 Å². The first-order valence-corrected chi connectivity index (χ1v) is 4.63. The second-order valence-corrected chi connectivity index (χ2v) is 3.05. The van der Waals surface area contributed by atoms with Crippen LogP contribution < -0.4 is 0 Å². The Hall–Kier alpha value is -1.55. The molecule has 0 aliphatic rings. The second-order valence-electron chi connectivity index (χ2n) is 3.05. The maximum Gasteiger partial charge on any atom is 0.309 e. The van der Waals surface area contributed by atoms with Gasteiger partial charge in [0.15, 0.2) is 0 Å². The minimum absolute atomic E-state index is 0.191. The molecule has 1 atom stereocenters. The first-order chi connectivity index (χ1) is 6.72. The van der Waals surface area contributed by atoms with Crippen LogP contribution in [0.4, 0.5) is 0 Å². The molecular formula is C10H14N2O2. The fourth-order valence-electron chi connectivity index (χ4n) is 0.841. The number of ether oxygens (including phenoxy) is 1. The van der Waals surface area contributed by atoms with Crippen molar-refractivity contribution in [2.24, 2.45) is 5.92 Å². The van der Waals surface area contributed by atoms with Crippen LogP contribution in [0.25, 0.3) is 0 Å². The Morgan fingerprint density at radius 2 is 2.07 bits per heavy atom. The van der Waals surface area contributed by atoms with Crippen molar-refractivity contribution in [1.29, 1.82) is 10.5 Å². The van der Waals surface area contributed by atoms with E-state index in [1.54, 1.807) is 6.92 Å². The molecule has 0 heterocycles. The Bertz CT molecular complexity index is 250. The third-order valence-corrected chi connectivity index (χ3v) is 1.73. The van der Waals surface area contributed by atoms with Gasteiger partial charge in [-0.1, -0.05) is 6.92 Å². The minimum atomic E-state index is -0.351. The van der Waals surface area contributed by atoms with Crippen molar-refractivity contribution < 1.29 is 9.53 Å². The highest BCUT2D eigenvalue weighted by atomic mass is 16.5. The number of unbranched alkanes of at least 4 members (excludes halogenated alkanes) is 2. The second kappa shape index (κ2) is 8.07. The van der Waals surface area contributed by atoms with Gasteiger partial charge in [-0.25, -0.2) is 0 Å². The summed E-state index contributed by atoms with van der Waals surface area (Å²) in [7, 11) is 0. The van der Waals surface area contributed by atoms with Gasteiger partial charge in [0.2, 0.25) is 0 Å². The summed E-state index contributed by atoms with van der Waals surface area (Å²) < 4.78 is 4.90. The van der Waals surface area contributed by atoms with Crippen LogP contribution in [0, 0.1) is 28.6 Å². The smallest absolute Gasteiger partial charge is 0.309 e. The fraction of sp³-hybridized carbons (Fsp3) is 0.700. The van der Waals surface area contributed by atoms with E-state index in [-0.39, 0.29) is 18.3 Å². The van der Waals surface area contributed by atoms with Gasteiger partial charge in [0, 0.05) is 12.8 Å². The van der Waals surface area contributed by atoms with Crippen molar-refractivity contribution in [2.75, 3.05) is 6.61 Å². The summed E-state index contributed by atoms with van der Waals surface area (Å²) in [6, 6.07) is 3.93. The molecule has 0 saturated heterocycles. The zero-order chi connectivity index (χ0) is 10.8. The molecule has 0 aliphatic carbocycles. The first-order valence-electron chi connectivity index (χ1n) is 4.63. The fourth-order valence-corrected chi connectivity index (χ4v) is 0.841. The zero-order valence-electron chi connectivity index (χ0n) is 8.32. The SMILES string of the molecule is CC(CC#N)C(=O)OCCCCC#N. The molecule has 0 aromatic heterocycles. The number of rotatable bonds is 6. The summed E-state index contributed by atoms with van der Waals surface area (Å²) in [5.41, 5.74) is 0. The zero-order valence-corrected chi connectivity index (χ0v) is 8.32. The highest BCUT2D eigenvalue weighted by molar-refractivity contribution is 5.72. The van der Waals surface area contributed by atoms with E-state index in [0.29, 0.717) is 19.4 Å². The molecule has 0 aromatic carbocycles. The van der Waals surface area contributed by atoms with Gasteiger partial charge >= 0.3 is 5.97 Å². The van der Waals surface area contributed by atoms with Crippen LogP contribution >= 0.6 is 0 Å². The van der Waals surface area contributed by atoms with Gasteiger partial charge < -0.3 is 4.74 Å². The number of nitrogens with zero attached hydrogens (tertiary/aromatic N) is 2. The van der Waals surface area contributed by atoms with Crippen LogP contribution in [-0.2, 0) is 9.53 Å². The average Bonchev–Trinajstić information content (AvgIpc) is 2.17. The lowest BCUT2D eigenvalue weighted by Crippen LogP contribution is -2.14. The minimum Gasteiger partial charge on any atom is -0.465 e. The van der Waals surface area contributed by atoms with Gasteiger partial charge in [0.1, 0.15) is 0 Å². The molecule has 4 heteroatoms. The average molecular weight is 194 g/mol. The van der Waals surface area contributed by atoms with Crippen molar-refractivity contribution in [3.8, 4) is 12.1 Å². The molecular weight excluding hydrogens is 180 g/mol. The van der Waals surface area contributed by atoms with Crippen molar-refractivity contribution in [1.82, 2.24) is 0 Å². The standard InChI is InChI=1S/C10H14N2O2/c1-9(5-7-12)10(13)14-8-4-2-3-6-11/h9H,2-5,8H2,1H3. The molecule has 0 spiro atoms. The highest BCUT2D eigenvalue weighted by Gasteiger charge is 2.12. The molecule has 0 aromatic rings. The number of carbonyl (C=O) groups excluding carboxylic acids is 1. The molecule has 0 bridgehead atoms. The van der Waals surface area contributed by atoms with Crippen molar-refractivity contribution >= 4 is 5.97 Å². The summed E-state index contributed by atoms with van der Waals surface area (Å²) in [4.78, 5) is 11.1. The number of hydrogen-bond donors (Lipinski definition) is 0. The Kier molecular flexibility index (Phi) is 7.17. The van der Waals surface area contributed by atoms with E-state index in [1.807, 2.05) is 12.1 Å². The van der Waals surface area contributed by atoms with Gasteiger partial charge in [-0.3, -0.25) is 4.79 Å². The number of carbonyl (C=O) groups is 1. The summed E-state index contributed by atoms with van der Waals surface area (Å²) in [5.74, 6) is -0.681. The lowest BCUT2D eigenvalue weighted by atomic mass is 10.1. The van der Waals surface area contributed by atoms with E-state index >= 15 is 0 Å². The third kappa shape index (κ3) is 6.02. The summed E-state index contributed by atoms with van der Waals surface area (Å²) in [5, 5.41) is 16.6. The highest BCUT2D eigenvalue weighted by Crippen LogP contribution is 2.04. The topological polar surface area (TPSA) is 73.9 Å². The molecule has 0 saturated carbocycles. The van der Waals surface area contributed by atoms with Crippen LogP contribution in [-0.4, -0.2) is 12.6 Å². The van der Waals surface area contributed by atoms with Crippen molar-refractivity contribution in [3.63, 3.8) is 0 Å². The maximum absolute atomic E-state index is 11.1. The van der Waals surface area contributed by atoms with Crippen LogP contribution in [0.5, 0.6) is 0 Å². The molecule has 0 rings (SSSR count). The molecule has 0 amide bonds. The van der Waals surface area contributed by atoms with Gasteiger partial charge in [-0.15, -0.1) is 0 Å². The summed E-state index contributed by atoms with van der Waals surface area (Å²) in [6.45, 7) is 2.01.